The van der Waals surface area contributed by atoms with E-state index < -0.39 is 5.91 Å². The number of Topliss-reactive ketones (excluding diaryl/α,β-unsaturated/α-hetero) is 1. The number of aromatic nitrogens is 4. The summed E-state index contributed by atoms with van der Waals surface area (Å²) in [6.07, 6.45) is 1.42. The van der Waals surface area contributed by atoms with Crippen molar-refractivity contribution < 1.29 is 18.4 Å². The summed E-state index contributed by atoms with van der Waals surface area (Å²) in [7, 11) is 0. The van der Waals surface area contributed by atoms with Gasteiger partial charge in [-0.3, -0.25) is 9.59 Å². The van der Waals surface area contributed by atoms with E-state index in [1.807, 2.05) is 31.2 Å². The number of carbonyl (C=O) groups excluding carboxylic acids is 2. The summed E-state index contributed by atoms with van der Waals surface area (Å²) >= 11 is 0. The molecule has 152 valence electrons. The normalized spacial score (nSPS) is 10.9. The highest BCUT2D eigenvalue weighted by Gasteiger charge is 2.21. The standard InChI is InChI=1S/C21H19N5O4/c1-12-5-4-6-15(9-12)20-19(23-14(3)29-20)21(28)24-18-10-22-26(25-18)11-16-7-8-17(30-16)13(2)27/h4-10H,11H2,1-3H3,(H,24,25,28). The van der Waals surface area contributed by atoms with E-state index in [2.05, 4.69) is 20.5 Å². The van der Waals surface area contributed by atoms with Crippen LogP contribution in [0.2, 0.25) is 0 Å². The van der Waals surface area contributed by atoms with E-state index in [4.69, 9.17) is 8.83 Å². The van der Waals surface area contributed by atoms with E-state index >= 15 is 0 Å². The summed E-state index contributed by atoms with van der Waals surface area (Å²) in [5.41, 5.74) is 1.98. The van der Waals surface area contributed by atoms with Crippen LogP contribution < -0.4 is 5.32 Å². The Hall–Kier alpha value is -4.01. The van der Waals surface area contributed by atoms with Crippen molar-refractivity contribution in [3.8, 4) is 11.3 Å². The van der Waals surface area contributed by atoms with Gasteiger partial charge in [0.15, 0.2) is 34.7 Å². The van der Waals surface area contributed by atoms with E-state index in [0.717, 1.165) is 11.1 Å². The molecule has 0 bridgehead atoms. The fraction of sp³-hybridized carbons (Fsp3) is 0.190. The van der Waals surface area contributed by atoms with Crippen molar-refractivity contribution in [2.45, 2.75) is 27.3 Å². The molecule has 0 radical (unpaired) electrons. The Balaban J connectivity index is 1.50. The number of ketones is 1. The highest BCUT2D eigenvalue weighted by molar-refractivity contribution is 6.06. The Bertz CT molecular complexity index is 1230. The number of rotatable bonds is 6. The number of benzene rings is 1. The van der Waals surface area contributed by atoms with Gasteiger partial charge in [-0.15, -0.1) is 5.10 Å². The molecule has 0 aliphatic heterocycles. The van der Waals surface area contributed by atoms with E-state index in [1.54, 1.807) is 19.1 Å². The predicted molar refractivity (Wildman–Crippen MR) is 107 cm³/mol. The number of oxazole rings is 1. The van der Waals surface area contributed by atoms with Crippen molar-refractivity contribution in [2.75, 3.05) is 5.32 Å². The van der Waals surface area contributed by atoms with Crippen LogP contribution in [0.4, 0.5) is 5.82 Å². The van der Waals surface area contributed by atoms with Crippen LogP contribution in [0.3, 0.4) is 0 Å². The first-order valence-electron chi connectivity index (χ1n) is 9.24. The first-order chi connectivity index (χ1) is 14.4. The lowest BCUT2D eigenvalue weighted by Gasteiger charge is -2.02. The third-order valence-electron chi connectivity index (χ3n) is 4.31. The molecule has 0 spiro atoms. The highest BCUT2D eigenvalue weighted by atomic mass is 16.4. The zero-order valence-corrected chi connectivity index (χ0v) is 16.7. The Morgan fingerprint density at radius 3 is 2.70 bits per heavy atom. The van der Waals surface area contributed by atoms with E-state index in [1.165, 1.54) is 17.9 Å². The van der Waals surface area contributed by atoms with Gasteiger partial charge in [0, 0.05) is 19.4 Å². The summed E-state index contributed by atoms with van der Waals surface area (Å²) in [5, 5.41) is 11.0. The smallest absolute Gasteiger partial charge is 0.279 e. The third kappa shape index (κ3) is 4.04. The minimum absolute atomic E-state index is 0.157. The van der Waals surface area contributed by atoms with Gasteiger partial charge >= 0.3 is 0 Å². The molecule has 4 rings (SSSR count). The Kier molecular flexibility index (Phi) is 5.01. The monoisotopic (exact) mass is 405 g/mol. The highest BCUT2D eigenvalue weighted by Crippen LogP contribution is 2.26. The van der Waals surface area contributed by atoms with Crippen molar-refractivity contribution >= 4 is 17.5 Å². The molecule has 0 saturated carbocycles. The molecule has 3 heterocycles. The Morgan fingerprint density at radius 1 is 1.13 bits per heavy atom. The fourth-order valence-corrected chi connectivity index (χ4v) is 2.96. The molecule has 0 aliphatic carbocycles. The van der Waals surface area contributed by atoms with Crippen molar-refractivity contribution in [3.63, 3.8) is 0 Å². The quantitative estimate of drug-likeness (QED) is 0.487. The molecule has 4 aromatic rings. The van der Waals surface area contributed by atoms with E-state index in [0.29, 0.717) is 17.4 Å². The molecule has 1 amide bonds. The van der Waals surface area contributed by atoms with Crippen LogP contribution in [0.1, 0.15) is 45.2 Å². The number of nitrogens with one attached hydrogen (secondary N) is 1. The molecule has 9 nitrogen and oxygen atoms in total. The summed E-state index contributed by atoms with van der Waals surface area (Å²) in [6, 6.07) is 10.9. The summed E-state index contributed by atoms with van der Waals surface area (Å²) in [4.78, 5) is 29.7. The van der Waals surface area contributed by atoms with Crippen LogP contribution in [0.15, 0.2) is 51.4 Å². The number of nitrogens with zero attached hydrogens (tertiary/aromatic N) is 4. The molecular formula is C21H19N5O4. The minimum Gasteiger partial charge on any atom is -0.456 e. The van der Waals surface area contributed by atoms with Gasteiger partial charge in [-0.2, -0.15) is 9.90 Å². The van der Waals surface area contributed by atoms with Crippen molar-refractivity contribution in [1.29, 1.82) is 0 Å². The van der Waals surface area contributed by atoms with Gasteiger partial charge < -0.3 is 14.2 Å². The molecule has 0 saturated heterocycles. The van der Waals surface area contributed by atoms with Crippen molar-refractivity contribution in [2.24, 2.45) is 0 Å². The second kappa shape index (κ2) is 7.78. The summed E-state index contributed by atoms with van der Waals surface area (Å²) < 4.78 is 11.1. The maximum absolute atomic E-state index is 12.8. The van der Waals surface area contributed by atoms with Gasteiger partial charge in [-0.25, -0.2) is 4.98 Å². The molecule has 1 aromatic carbocycles. The third-order valence-corrected chi connectivity index (χ3v) is 4.31. The van der Waals surface area contributed by atoms with Crippen LogP contribution in [0.5, 0.6) is 0 Å². The largest absolute Gasteiger partial charge is 0.456 e. The lowest BCUT2D eigenvalue weighted by molar-refractivity contribution is 0.0983. The molecule has 9 heteroatoms. The molecule has 0 unspecified atom stereocenters. The second-order valence-corrected chi connectivity index (χ2v) is 6.82. The predicted octanol–water partition coefficient (Wildman–Crippen LogP) is 3.65. The van der Waals surface area contributed by atoms with Crippen molar-refractivity contribution in [3.05, 3.63) is 71.3 Å². The number of furan rings is 1. The van der Waals surface area contributed by atoms with E-state index in [-0.39, 0.29) is 29.6 Å². The minimum atomic E-state index is -0.452. The zero-order chi connectivity index (χ0) is 21.3. The van der Waals surface area contributed by atoms with Gasteiger partial charge in [0.05, 0.1) is 6.20 Å². The lowest BCUT2D eigenvalue weighted by atomic mass is 10.1. The van der Waals surface area contributed by atoms with Crippen molar-refractivity contribution in [1.82, 2.24) is 20.0 Å². The number of amides is 1. The van der Waals surface area contributed by atoms with Crippen LogP contribution in [-0.4, -0.2) is 31.7 Å². The number of carbonyl (C=O) groups is 2. The van der Waals surface area contributed by atoms with Crippen LogP contribution in [0, 0.1) is 13.8 Å². The molecule has 0 aliphatic rings. The van der Waals surface area contributed by atoms with E-state index in [9.17, 15) is 9.59 Å². The topological polar surface area (TPSA) is 116 Å². The number of anilines is 1. The average molecular weight is 405 g/mol. The molecule has 30 heavy (non-hydrogen) atoms. The molecule has 0 fully saturated rings. The number of hydrogen-bond acceptors (Lipinski definition) is 7. The van der Waals surface area contributed by atoms with Gasteiger partial charge in [-0.1, -0.05) is 23.8 Å². The first kappa shape index (κ1) is 19.3. The van der Waals surface area contributed by atoms with Gasteiger partial charge in [0.1, 0.15) is 12.3 Å². The summed E-state index contributed by atoms with van der Waals surface area (Å²) in [5.74, 6) is 1.24. The molecule has 3 aromatic heterocycles. The maximum Gasteiger partial charge on any atom is 0.279 e. The Morgan fingerprint density at radius 2 is 1.97 bits per heavy atom. The number of aryl methyl sites for hydroxylation is 2. The van der Waals surface area contributed by atoms with Gasteiger partial charge in [0.2, 0.25) is 0 Å². The van der Waals surface area contributed by atoms with Gasteiger partial charge in [0.25, 0.3) is 5.91 Å². The van der Waals surface area contributed by atoms with Crippen LogP contribution >= 0.6 is 0 Å². The lowest BCUT2D eigenvalue weighted by Crippen LogP contribution is -2.14. The fourth-order valence-electron chi connectivity index (χ4n) is 2.96. The second-order valence-electron chi connectivity index (χ2n) is 6.82. The maximum atomic E-state index is 12.8. The Labute approximate surface area is 171 Å². The first-order valence-corrected chi connectivity index (χ1v) is 9.24. The number of hydrogen-bond donors (Lipinski definition) is 1. The summed E-state index contributed by atoms with van der Waals surface area (Å²) in [6.45, 7) is 5.30. The van der Waals surface area contributed by atoms with Gasteiger partial charge in [-0.05, 0) is 25.1 Å². The zero-order valence-electron chi connectivity index (χ0n) is 16.7. The molecular weight excluding hydrogens is 386 g/mol. The average Bonchev–Trinajstić information content (AvgIpc) is 3.42. The molecule has 1 N–H and O–H groups in total. The van der Waals surface area contributed by atoms with Crippen LogP contribution in [0.25, 0.3) is 11.3 Å². The molecule has 0 atom stereocenters. The van der Waals surface area contributed by atoms with Crippen LogP contribution in [-0.2, 0) is 6.54 Å². The SMILES string of the molecule is CC(=O)c1ccc(Cn2ncc(NC(=O)c3nc(C)oc3-c3cccc(C)c3)n2)o1.